The highest BCUT2D eigenvalue weighted by Crippen LogP contribution is 2.35. The van der Waals surface area contributed by atoms with E-state index in [0.29, 0.717) is 36.4 Å². The van der Waals surface area contributed by atoms with E-state index in [0.717, 1.165) is 0 Å². The van der Waals surface area contributed by atoms with E-state index in [-0.39, 0.29) is 12.3 Å². The molecule has 0 saturated carbocycles. The lowest BCUT2D eigenvalue weighted by molar-refractivity contribution is -0.147. The second kappa shape index (κ2) is 6.78. The number of likely N-dealkylation sites (tertiary alicyclic amines) is 1. The van der Waals surface area contributed by atoms with Crippen LogP contribution in [0, 0.1) is 0 Å². The molecule has 1 N–H and O–H groups in total. The highest BCUT2D eigenvalue weighted by molar-refractivity contribution is 6.05. The number of ketones is 1. The van der Waals surface area contributed by atoms with Crippen molar-refractivity contribution >= 4 is 29.3 Å². The van der Waals surface area contributed by atoms with E-state index in [1.165, 1.54) is 22.8 Å². The van der Waals surface area contributed by atoms with E-state index < -0.39 is 29.9 Å². The smallest absolute Gasteiger partial charge is 0.326 e. The number of rotatable bonds is 4. The molecule has 8 heteroatoms. The van der Waals surface area contributed by atoms with Crippen LogP contribution in [0.1, 0.15) is 37.0 Å². The molecular formula is C18H20N2O6. The molecule has 2 amide bonds. The first kappa shape index (κ1) is 17.9. The summed E-state index contributed by atoms with van der Waals surface area (Å²) in [4.78, 5) is 50.8. The topological polar surface area (TPSA) is 104 Å². The minimum atomic E-state index is -1.04. The maximum atomic E-state index is 12.7. The average molecular weight is 360 g/mol. The summed E-state index contributed by atoms with van der Waals surface area (Å²) in [5, 5.41) is 9.26. The lowest BCUT2D eigenvalue weighted by Gasteiger charge is -2.34. The van der Waals surface area contributed by atoms with Gasteiger partial charge in [-0.3, -0.25) is 19.3 Å². The van der Waals surface area contributed by atoms with Gasteiger partial charge in [0.2, 0.25) is 5.91 Å². The number of nitrogens with zero attached hydrogens (tertiary/aromatic N) is 2. The third-order valence-electron chi connectivity index (χ3n) is 4.73. The van der Waals surface area contributed by atoms with E-state index in [9.17, 15) is 24.3 Å². The van der Waals surface area contributed by atoms with Crippen LogP contribution in [0.25, 0.3) is 0 Å². The molecule has 0 radical (unpaired) electrons. The van der Waals surface area contributed by atoms with Gasteiger partial charge in [0.15, 0.2) is 11.9 Å². The largest absolute Gasteiger partial charge is 0.480 e. The van der Waals surface area contributed by atoms with E-state index in [1.807, 2.05) is 0 Å². The zero-order valence-corrected chi connectivity index (χ0v) is 14.6. The van der Waals surface area contributed by atoms with Crippen LogP contribution in [0.15, 0.2) is 18.2 Å². The Morgan fingerprint density at radius 2 is 2.04 bits per heavy atom. The quantitative estimate of drug-likeness (QED) is 0.806. The number of anilines is 1. The molecule has 0 aromatic heterocycles. The third kappa shape index (κ3) is 3.14. The Kier molecular flexibility index (Phi) is 4.67. The number of fused-ring (bicyclic) bond motifs is 1. The van der Waals surface area contributed by atoms with Crippen molar-refractivity contribution < 1.29 is 29.0 Å². The Morgan fingerprint density at radius 3 is 2.69 bits per heavy atom. The van der Waals surface area contributed by atoms with E-state index in [2.05, 4.69) is 0 Å². The third-order valence-corrected chi connectivity index (χ3v) is 4.73. The lowest BCUT2D eigenvalue weighted by Crippen LogP contribution is -2.51. The minimum absolute atomic E-state index is 0.171. The molecule has 2 unspecified atom stereocenters. The molecule has 2 heterocycles. The van der Waals surface area contributed by atoms with Gasteiger partial charge in [-0.2, -0.15) is 0 Å². The van der Waals surface area contributed by atoms with Gasteiger partial charge in [-0.15, -0.1) is 0 Å². The Morgan fingerprint density at radius 1 is 1.31 bits per heavy atom. The average Bonchev–Trinajstić information content (AvgIpc) is 3.08. The first-order valence-corrected chi connectivity index (χ1v) is 8.45. The van der Waals surface area contributed by atoms with E-state index >= 15 is 0 Å². The van der Waals surface area contributed by atoms with Gasteiger partial charge in [0, 0.05) is 12.1 Å². The number of carboxylic acids is 1. The van der Waals surface area contributed by atoms with Crippen molar-refractivity contribution in [2.45, 2.75) is 38.8 Å². The molecule has 0 bridgehead atoms. The fraction of sp³-hybridized carbons (Fsp3) is 0.444. The number of ether oxygens (including phenoxy) is 1. The van der Waals surface area contributed by atoms with E-state index in [1.54, 1.807) is 19.1 Å². The monoisotopic (exact) mass is 360 g/mol. The Bertz CT molecular complexity index is 790. The van der Waals surface area contributed by atoms with Crippen LogP contribution in [0.3, 0.4) is 0 Å². The van der Waals surface area contributed by atoms with Crippen molar-refractivity contribution in [2.75, 3.05) is 18.0 Å². The molecule has 1 aromatic carbocycles. The van der Waals surface area contributed by atoms with Crippen LogP contribution < -0.4 is 9.64 Å². The molecule has 2 aliphatic rings. The standard InChI is InChI=1S/C18H20N2O6/c1-10(21)12-5-6-15-14(8-12)20(17(23)11(2)26-15)9-16(22)19-7-3-4-13(19)18(24)25/h5-6,8,11,13H,3-4,7,9H2,1-2H3,(H,24,25). The van der Waals surface area contributed by atoms with Crippen molar-refractivity contribution in [3.8, 4) is 5.75 Å². The summed E-state index contributed by atoms with van der Waals surface area (Å²) in [5.41, 5.74) is 0.747. The normalized spacial score (nSPS) is 22.0. The summed E-state index contributed by atoms with van der Waals surface area (Å²) in [6.07, 6.45) is 0.244. The molecule has 0 spiro atoms. The maximum absolute atomic E-state index is 12.7. The lowest BCUT2D eigenvalue weighted by atomic mass is 10.1. The predicted molar refractivity (Wildman–Crippen MR) is 91.3 cm³/mol. The number of hydrogen-bond donors (Lipinski definition) is 1. The van der Waals surface area contributed by atoms with Gasteiger partial charge in [-0.1, -0.05) is 0 Å². The second-order valence-corrected chi connectivity index (χ2v) is 6.51. The van der Waals surface area contributed by atoms with Gasteiger partial charge in [0.05, 0.1) is 5.69 Å². The zero-order chi connectivity index (χ0) is 19.0. The first-order chi connectivity index (χ1) is 12.3. The highest BCUT2D eigenvalue weighted by atomic mass is 16.5. The number of benzene rings is 1. The van der Waals surface area contributed by atoms with Crippen LogP contribution in [-0.2, 0) is 14.4 Å². The molecular weight excluding hydrogens is 340 g/mol. The van der Waals surface area contributed by atoms with Crippen molar-refractivity contribution in [3.05, 3.63) is 23.8 Å². The van der Waals surface area contributed by atoms with Crippen LogP contribution >= 0.6 is 0 Å². The number of carboxylic acid groups (broad SMARTS) is 1. The Hall–Kier alpha value is -2.90. The Labute approximate surface area is 150 Å². The van der Waals surface area contributed by atoms with Crippen molar-refractivity contribution in [1.82, 2.24) is 4.90 Å². The van der Waals surface area contributed by atoms with Crippen LogP contribution in [0.5, 0.6) is 5.75 Å². The summed E-state index contributed by atoms with van der Waals surface area (Å²) < 4.78 is 5.55. The molecule has 26 heavy (non-hydrogen) atoms. The molecule has 0 aliphatic carbocycles. The number of amides is 2. The maximum Gasteiger partial charge on any atom is 0.326 e. The molecule has 1 fully saturated rings. The number of hydrogen-bond acceptors (Lipinski definition) is 5. The molecule has 8 nitrogen and oxygen atoms in total. The number of aliphatic carboxylic acids is 1. The summed E-state index contributed by atoms with van der Waals surface area (Å²) in [7, 11) is 0. The van der Waals surface area contributed by atoms with Crippen LogP contribution in [-0.4, -0.2) is 58.8 Å². The van der Waals surface area contributed by atoms with E-state index in [4.69, 9.17) is 4.74 Å². The number of Topliss-reactive ketones (excluding diaryl/α,β-unsaturated/α-hetero) is 1. The summed E-state index contributed by atoms with van der Waals surface area (Å²) in [5.74, 6) is -1.65. The van der Waals surface area contributed by atoms with Gasteiger partial charge < -0.3 is 14.7 Å². The number of carbonyl (C=O) groups excluding carboxylic acids is 3. The SMILES string of the molecule is CC(=O)c1ccc2c(c1)N(CC(=O)N1CCCC1C(=O)O)C(=O)C(C)O2. The molecule has 2 aliphatic heterocycles. The van der Waals surface area contributed by atoms with Crippen molar-refractivity contribution in [1.29, 1.82) is 0 Å². The highest BCUT2D eigenvalue weighted by Gasteiger charge is 2.38. The molecule has 3 rings (SSSR count). The van der Waals surface area contributed by atoms with Gasteiger partial charge in [0.1, 0.15) is 18.3 Å². The second-order valence-electron chi connectivity index (χ2n) is 6.51. The van der Waals surface area contributed by atoms with Crippen LogP contribution in [0.2, 0.25) is 0 Å². The van der Waals surface area contributed by atoms with Gasteiger partial charge >= 0.3 is 5.97 Å². The van der Waals surface area contributed by atoms with Gasteiger partial charge in [0.25, 0.3) is 5.91 Å². The Balaban J connectivity index is 1.90. The molecule has 2 atom stereocenters. The predicted octanol–water partition coefficient (Wildman–Crippen LogP) is 1.08. The van der Waals surface area contributed by atoms with Gasteiger partial charge in [-0.25, -0.2) is 4.79 Å². The first-order valence-electron chi connectivity index (χ1n) is 8.45. The van der Waals surface area contributed by atoms with Gasteiger partial charge in [-0.05, 0) is 44.9 Å². The van der Waals surface area contributed by atoms with Crippen molar-refractivity contribution in [3.63, 3.8) is 0 Å². The molecule has 138 valence electrons. The molecule has 1 saturated heterocycles. The van der Waals surface area contributed by atoms with Crippen LogP contribution in [0.4, 0.5) is 5.69 Å². The fourth-order valence-electron chi connectivity index (χ4n) is 3.34. The summed E-state index contributed by atoms with van der Waals surface area (Å²) in [6, 6.07) is 3.86. The fourth-order valence-corrected chi connectivity index (χ4v) is 3.34. The molecule has 1 aromatic rings. The zero-order valence-electron chi connectivity index (χ0n) is 14.6. The summed E-state index contributed by atoms with van der Waals surface area (Å²) in [6.45, 7) is 3.06. The minimum Gasteiger partial charge on any atom is -0.480 e. The number of carbonyl (C=O) groups is 4. The summed E-state index contributed by atoms with van der Waals surface area (Å²) >= 11 is 0. The van der Waals surface area contributed by atoms with Crippen molar-refractivity contribution in [2.24, 2.45) is 0 Å².